The zero-order valence-corrected chi connectivity index (χ0v) is 11.9. The highest BCUT2D eigenvalue weighted by molar-refractivity contribution is 5.20. The molecule has 20 heavy (non-hydrogen) atoms. The zero-order valence-electron chi connectivity index (χ0n) is 11.9. The van der Waals surface area contributed by atoms with E-state index >= 15 is 0 Å². The molecular formula is C14H21F3N2O. The van der Waals surface area contributed by atoms with Gasteiger partial charge in [-0.05, 0) is 37.9 Å². The number of nitrogens with one attached hydrogen (secondary N) is 1. The SMILES string of the molecule is CCN(Cc1cc(C)c(CNC2CC2)o1)CC(F)(F)F. The Hall–Kier alpha value is -1.01. The Kier molecular flexibility index (Phi) is 4.75. The Morgan fingerprint density at radius 2 is 2.10 bits per heavy atom. The molecule has 1 fully saturated rings. The van der Waals surface area contributed by atoms with Crippen LogP contribution in [-0.4, -0.2) is 30.2 Å². The van der Waals surface area contributed by atoms with Gasteiger partial charge in [-0.2, -0.15) is 13.2 Å². The normalized spacial score (nSPS) is 16.1. The van der Waals surface area contributed by atoms with E-state index in [1.54, 1.807) is 6.92 Å². The van der Waals surface area contributed by atoms with Crippen molar-refractivity contribution in [3.63, 3.8) is 0 Å². The van der Waals surface area contributed by atoms with E-state index in [4.69, 9.17) is 4.42 Å². The monoisotopic (exact) mass is 290 g/mol. The Morgan fingerprint density at radius 3 is 2.65 bits per heavy atom. The van der Waals surface area contributed by atoms with Gasteiger partial charge < -0.3 is 9.73 Å². The third-order valence-corrected chi connectivity index (χ3v) is 3.43. The molecule has 0 unspecified atom stereocenters. The fourth-order valence-corrected chi connectivity index (χ4v) is 2.12. The minimum absolute atomic E-state index is 0.195. The van der Waals surface area contributed by atoms with Crippen LogP contribution in [0.25, 0.3) is 0 Å². The van der Waals surface area contributed by atoms with Gasteiger partial charge >= 0.3 is 6.18 Å². The Bertz CT molecular complexity index is 438. The highest BCUT2D eigenvalue weighted by atomic mass is 19.4. The molecule has 1 heterocycles. The van der Waals surface area contributed by atoms with Crippen LogP contribution in [0.2, 0.25) is 0 Å². The predicted molar refractivity (Wildman–Crippen MR) is 70.3 cm³/mol. The van der Waals surface area contributed by atoms with E-state index in [2.05, 4.69) is 5.32 Å². The summed E-state index contributed by atoms with van der Waals surface area (Å²) in [5.74, 6) is 1.43. The summed E-state index contributed by atoms with van der Waals surface area (Å²) in [4.78, 5) is 1.33. The second-order valence-electron chi connectivity index (χ2n) is 5.39. The van der Waals surface area contributed by atoms with E-state index in [1.165, 1.54) is 17.7 Å². The van der Waals surface area contributed by atoms with Gasteiger partial charge in [-0.1, -0.05) is 6.92 Å². The van der Waals surface area contributed by atoms with Gasteiger partial charge in [0.2, 0.25) is 0 Å². The van der Waals surface area contributed by atoms with Crippen molar-refractivity contribution < 1.29 is 17.6 Å². The molecule has 1 aromatic rings. The van der Waals surface area contributed by atoms with Gasteiger partial charge in [0.1, 0.15) is 11.5 Å². The topological polar surface area (TPSA) is 28.4 Å². The number of alkyl halides is 3. The molecule has 0 aromatic carbocycles. The minimum Gasteiger partial charge on any atom is -0.463 e. The standard InChI is InChI=1S/C14H21F3N2O/c1-3-19(9-14(15,16)17)8-12-6-10(2)13(20-12)7-18-11-4-5-11/h6,11,18H,3-5,7-9H2,1-2H3. The van der Waals surface area contributed by atoms with E-state index < -0.39 is 12.7 Å². The molecule has 1 saturated carbocycles. The predicted octanol–water partition coefficient (Wildman–Crippen LogP) is 3.22. The van der Waals surface area contributed by atoms with Crippen molar-refractivity contribution in [3.8, 4) is 0 Å². The van der Waals surface area contributed by atoms with Crippen molar-refractivity contribution in [2.75, 3.05) is 13.1 Å². The van der Waals surface area contributed by atoms with E-state index in [-0.39, 0.29) is 6.54 Å². The molecule has 0 aliphatic heterocycles. The molecule has 1 aliphatic carbocycles. The summed E-state index contributed by atoms with van der Waals surface area (Å²) in [6.45, 7) is 3.93. The molecule has 0 amide bonds. The lowest BCUT2D eigenvalue weighted by molar-refractivity contribution is -0.147. The van der Waals surface area contributed by atoms with Crippen molar-refractivity contribution in [2.45, 2.75) is 52.0 Å². The maximum atomic E-state index is 12.4. The molecule has 3 nitrogen and oxygen atoms in total. The number of halogens is 3. The van der Waals surface area contributed by atoms with Crippen molar-refractivity contribution in [3.05, 3.63) is 23.2 Å². The van der Waals surface area contributed by atoms with Crippen LogP contribution in [0, 0.1) is 6.92 Å². The molecule has 1 aromatic heterocycles. The van der Waals surface area contributed by atoms with Gasteiger partial charge in [-0.25, -0.2) is 0 Å². The molecule has 1 N–H and O–H groups in total. The lowest BCUT2D eigenvalue weighted by atomic mass is 10.2. The van der Waals surface area contributed by atoms with Crippen molar-refractivity contribution >= 4 is 0 Å². The van der Waals surface area contributed by atoms with Crippen LogP contribution in [0.4, 0.5) is 13.2 Å². The fourth-order valence-electron chi connectivity index (χ4n) is 2.12. The average Bonchev–Trinajstić information content (AvgIpc) is 3.09. The Balaban J connectivity index is 1.91. The molecule has 6 heteroatoms. The van der Waals surface area contributed by atoms with Gasteiger partial charge in [-0.15, -0.1) is 0 Å². The Labute approximate surface area is 117 Å². The summed E-state index contributed by atoms with van der Waals surface area (Å²) in [5, 5.41) is 3.35. The van der Waals surface area contributed by atoms with Crippen molar-refractivity contribution in [1.82, 2.24) is 10.2 Å². The largest absolute Gasteiger partial charge is 0.463 e. The first kappa shape index (κ1) is 15.4. The molecule has 0 saturated heterocycles. The molecule has 0 atom stereocenters. The van der Waals surface area contributed by atoms with Crippen LogP contribution < -0.4 is 5.32 Å². The van der Waals surface area contributed by atoms with Gasteiger partial charge in [0.15, 0.2) is 0 Å². The molecule has 1 aliphatic rings. The number of hydrogen-bond donors (Lipinski definition) is 1. The van der Waals surface area contributed by atoms with Crippen molar-refractivity contribution in [2.24, 2.45) is 0 Å². The first-order chi connectivity index (χ1) is 9.37. The van der Waals surface area contributed by atoms with Gasteiger partial charge in [-0.3, -0.25) is 4.90 Å². The minimum atomic E-state index is -4.17. The summed E-state index contributed by atoms with van der Waals surface area (Å²) in [6.07, 6.45) is -1.78. The zero-order chi connectivity index (χ0) is 14.8. The van der Waals surface area contributed by atoms with E-state index in [9.17, 15) is 13.2 Å². The quantitative estimate of drug-likeness (QED) is 0.836. The number of furan rings is 1. The maximum absolute atomic E-state index is 12.4. The Morgan fingerprint density at radius 1 is 1.40 bits per heavy atom. The summed E-state index contributed by atoms with van der Waals surface area (Å²) < 4.78 is 42.9. The third kappa shape index (κ3) is 4.83. The summed E-state index contributed by atoms with van der Waals surface area (Å²) in [5.41, 5.74) is 0.996. The number of hydrogen-bond acceptors (Lipinski definition) is 3. The lowest BCUT2D eigenvalue weighted by Crippen LogP contribution is -2.33. The van der Waals surface area contributed by atoms with Gasteiger partial charge in [0.25, 0.3) is 0 Å². The average molecular weight is 290 g/mol. The number of nitrogens with zero attached hydrogens (tertiary/aromatic N) is 1. The smallest absolute Gasteiger partial charge is 0.401 e. The highest BCUT2D eigenvalue weighted by Gasteiger charge is 2.30. The summed E-state index contributed by atoms with van der Waals surface area (Å²) in [6, 6.07) is 2.42. The summed E-state index contributed by atoms with van der Waals surface area (Å²) >= 11 is 0. The van der Waals surface area contributed by atoms with Crippen LogP contribution in [-0.2, 0) is 13.1 Å². The van der Waals surface area contributed by atoms with Crippen LogP contribution >= 0.6 is 0 Å². The second-order valence-corrected chi connectivity index (χ2v) is 5.39. The van der Waals surface area contributed by atoms with Crippen LogP contribution in [0.5, 0.6) is 0 Å². The van der Waals surface area contributed by atoms with Crippen LogP contribution in [0.15, 0.2) is 10.5 Å². The number of aryl methyl sites for hydroxylation is 1. The van der Waals surface area contributed by atoms with Gasteiger partial charge in [0, 0.05) is 6.04 Å². The molecule has 0 radical (unpaired) electrons. The first-order valence-electron chi connectivity index (χ1n) is 6.98. The van der Waals surface area contributed by atoms with Crippen LogP contribution in [0.3, 0.4) is 0 Å². The lowest BCUT2D eigenvalue weighted by Gasteiger charge is -2.20. The van der Waals surface area contributed by atoms with E-state index in [0.717, 1.165) is 11.3 Å². The van der Waals surface area contributed by atoms with E-state index in [1.807, 2.05) is 13.0 Å². The fraction of sp³-hybridized carbons (Fsp3) is 0.714. The molecular weight excluding hydrogens is 269 g/mol. The second kappa shape index (κ2) is 6.18. The first-order valence-corrected chi connectivity index (χ1v) is 6.98. The highest BCUT2D eigenvalue weighted by Crippen LogP contribution is 2.22. The number of rotatable bonds is 7. The molecule has 0 bridgehead atoms. The molecule has 114 valence electrons. The van der Waals surface area contributed by atoms with Crippen molar-refractivity contribution in [1.29, 1.82) is 0 Å². The van der Waals surface area contributed by atoms with Gasteiger partial charge in [0.05, 0.1) is 19.6 Å². The molecule has 2 rings (SSSR count). The van der Waals surface area contributed by atoms with Crippen LogP contribution in [0.1, 0.15) is 36.8 Å². The third-order valence-electron chi connectivity index (χ3n) is 3.43. The maximum Gasteiger partial charge on any atom is 0.401 e. The van der Waals surface area contributed by atoms with E-state index in [0.29, 0.717) is 24.9 Å². The molecule has 0 spiro atoms. The summed E-state index contributed by atoms with van der Waals surface area (Å²) in [7, 11) is 0.